The molecule has 1 spiro atoms. The Balaban J connectivity index is 2.01. The predicted molar refractivity (Wildman–Crippen MR) is 59.8 cm³/mol. The van der Waals surface area contributed by atoms with Gasteiger partial charge in [0.05, 0.1) is 6.10 Å². The molecule has 16 heavy (non-hydrogen) atoms. The number of rotatable bonds is 0. The number of morpholine rings is 1. The minimum Gasteiger partial charge on any atom is -0.365 e. The van der Waals surface area contributed by atoms with Crippen molar-refractivity contribution in [2.75, 3.05) is 13.1 Å². The normalized spacial score (nSPS) is 33.0. The Kier molecular flexibility index (Phi) is 2.26. The summed E-state index contributed by atoms with van der Waals surface area (Å²) in [6, 6.07) is 5.07. The Labute approximate surface area is 94.8 Å². The third kappa shape index (κ3) is 1.46. The third-order valence-electron chi connectivity index (χ3n) is 3.63. The standard InChI is InChI=1S/C13H16FNO/c1-9-7-15-8-13(16-9)5-4-10-6-11(14)2-3-12(10)13/h2-3,6,9,15H,4-5,7-8H2,1H3. The Bertz CT molecular complexity index is 420. The molecular weight excluding hydrogens is 205 g/mol. The molecule has 1 saturated heterocycles. The Hall–Kier alpha value is -0.930. The van der Waals surface area contributed by atoms with Crippen LogP contribution in [-0.4, -0.2) is 19.2 Å². The summed E-state index contributed by atoms with van der Waals surface area (Å²) in [6.07, 6.45) is 2.11. The van der Waals surface area contributed by atoms with Crippen LogP contribution in [0.25, 0.3) is 0 Å². The smallest absolute Gasteiger partial charge is 0.123 e. The molecule has 1 aliphatic carbocycles. The third-order valence-corrected chi connectivity index (χ3v) is 3.63. The first kappa shape index (κ1) is 10.2. The van der Waals surface area contributed by atoms with Gasteiger partial charge < -0.3 is 10.1 Å². The first-order valence-corrected chi connectivity index (χ1v) is 5.87. The van der Waals surface area contributed by atoms with Crippen molar-refractivity contribution >= 4 is 0 Å². The lowest BCUT2D eigenvalue weighted by molar-refractivity contribution is -0.113. The van der Waals surface area contributed by atoms with Crippen molar-refractivity contribution in [1.82, 2.24) is 5.32 Å². The molecule has 0 amide bonds. The SMILES string of the molecule is CC1CNCC2(CCc3cc(F)ccc32)O1. The van der Waals surface area contributed by atoms with Crippen LogP contribution in [0.15, 0.2) is 18.2 Å². The first-order chi connectivity index (χ1) is 7.70. The number of nitrogens with one attached hydrogen (secondary N) is 1. The van der Waals surface area contributed by atoms with Crippen LogP contribution in [0.2, 0.25) is 0 Å². The van der Waals surface area contributed by atoms with Crippen molar-refractivity contribution in [2.24, 2.45) is 0 Å². The van der Waals surface area contributed by atoms with E-state index in [9.17, 15) is 4.39 Å². The molecule has 0 aromatic heterocycles. The number of ether oxygens (including phenoxy) is 1. The summed E-state index contributed by atoms with van der Waals surface area (Å²) < 4.78 is 19.3. The Morgan fingerprint density at radius 3 is 3.19 bits per heavy atom. The van der Waals surface area contributed by atoms with E-state index in [0.717, 1.165) is 31.5 Å². The Morgan fingerprint density at radius 2 is 2.38 bits per heavy atom. The molecule has 1 heterocycles. The maximum atomic E-state index is 13.1. The lowest BCUT2D eigenvalue weighted by atomic mass is 9.93. The summed E-state index contributed by atoms with van der Waals surface area (Å²) in [5.41, 5.74) is 2.07. The minimum absolute atomic E-state index is 0.146. The molecule has 0 saturated carbocycles. The average molecular weight is 221 g/mol. The van der Waals surface area contributed by atoms with Crippen LogP contribution in [0.3, 0.4) is 0 Å². The fraction of sp³-hybridized carbons (Fsp3) is 0.538. The van der Waals surface area contributed by atoms with E-state index in [4.69, 9.17) is 4.74 Å². The topological polar surface area (TPSA) is 21.3 Å². The van der Waals surface area contributed by atoms with Crippen molar-refractivity contribution in [3.8, 4) is 0 Å². The van der Waals surface area contributed by atoms with Gasteiger partial charge in [0.15, 0.2) is 0 Å². The number of fused-ring (bicyclic) bond motifs is 2. The summed E-state index contributed by atoms with van der Waals surface area (Å²) in [7, 11) is 0. The van der Waals surface area contributed by atoms with Crippen LogP contribution >= 0.6 is 0 Å². The Morgan fingerprint density at radius 1 is 1.50 bits per heavy atom. The minimum atomic E-state index is -0.208. The van der Waals surface area contributed by atoms with Gasteiger partial charge in [-0.1, -0.05) is 6.07 Å². The van der Waals surface area contributed by atoms with E-state index in [-0.39, 0.29) is 17.5 Å². The molecule has 0 radical (unpaired) electrons. The molecule has 2 atom stereocenters. The van der Waals surface area contributed by atoms with Crippen molar-refractivity contribution < 1.29 is 9.13 Å². The van der Waals surface area contributed by atoms with Gasteiger partial charge in [-0.05, 0) is 43.0 Å². The molecule has 1 aromatic rings. The van der Waals surface area contributed by atoms with Crippen molar-refractivity contribution in [3.05, 3.63) is 35.1 Å². The molecule has 3 heteroatoms. The highest BCUT2D eigenvalue weighted by atomic mass is 19.1. The van der Waals surface area contributed by atoms with Gasteiger partial charge in [-0.2, -0.15) is 0 Å². The van der Waals surface area contributed by atoms with Gasteiger partial charge in [0.1, 0.15) is 11.4 Å². The van der Waals surface area contributed by atoms with Crippen LogP contribution in [0.4, 0.5) is 4.39 Å². The van der Waals surface area contributed by atoms with Crippen LogP contribution in [-0.2, 0) is 16.8 Å². The molecule has 1 N–H and O–H groups in total. The number of hydrogen-bond acceptors (Lipinski definition) is 2. The van der Waals surface area contributed by atoms with Gasteiger partial charge in [0.2, 0.25) is 0 Å². The van der Waals surface area contributed by atoms with Gasteiger partial charge in [-0.15, -0.1) is 0 Å². The fourth-order valence-electron chi connectivity index (χ4n) is 2.94. The quantitative estimate of drug-likeness (QED) is 0.723. The second-order valence-corrected chi connectivity index (χ2v) is 4.86. The van der Waals surface area contributed by atoms with Crippen LogP contribution < -0.4 is 5.32 Å². The fourth-order valence-corrected chi connectivity index (χ4v) is 2.94. The van der Waals surface area contributed by atoms with Crippen molar-refractivity contribution in [2.45, 2.75) is 31.5 Å². The van der Waals surface area contributed by atoms with Gasteiger partial charge in [-0.25, -0.2) is 4.39 Å². The summed E-state index contributed by atoms with van der Waals surface area (Å²) in [4.78, 5) is 0. The number of hydrogen-bond donors (Lipinski definition) is 1. The lowest BCUT2D eigenvalue weighted by Crippen LogP contribution is -2.49. The van der Waals surface area contributed by atoms with Crippen molar-refractivity contribution in [3.63, 3.8) is 0 Å². The summed E-state index contributed by atoms with van der Waals surface area (Å²) in [5.74, 6) is -0.146. The highest BCUT2D eigenvalue weighted by Gasteiger charge is 2.42. The number of halogens is 1. The zero-order chi connectivity index (χ0) is 11.2. The van der Waals surface area contributed by atoms with E-state index in [1.54, 1.807) is 6.07 Å². The summed E-state index contributed by atoms with van der Waals surface area (Å²) in [6.45, 7) is 3.82. The average Bonchev–Trinajstić information content (AvgIpc) is 2.57. The van der Waals surface area contributed by atoms with E-state index >= 15 is 0 Å². The number of aryl methyl sites for hydroxylation is 1. The summed E-state index contributed by atoms with van der Waals surface area (Å²) >= 11 is 0. The van der Waals surface area contributed by atoms with E-state index in [0.29, 0.717) is 0 Å². The lowest BCUT2D eigenvalue weighted by Gasteiger charge is -2.38. The van der Waals surface area contributed by atoms with Gasteiger partial charge in [0, 0.05) is 13.1 Å². The van der Waals surface area contributed by atoms with Gasteiger partial charge in [0.25, 0.3) is 0 Å². The zero-order valence-corrected chi connectivity index (χ0v) is 9.42. The molecule has 2 aliphatic rings. The molecule has 86 valence electrons. The highest BCUT2D eigenvalue weighted by Crippen LogP contribution is 2.41. The van der Waals surface area contributed by atoms with E-state index in [1.807, 2.05) is 6.07 Å². The first-order valence-electron chi connectivity index (χ1n) is 5.87. The van der Waals surface area contributed by atoms with E-state index < -0.39 is 0 Å². The van der Waals surface area contributed by atoms with E-state index in [1.165, 1.54) is 11.6 Å². The van der Waals surface area contributed by atoms with Gasteiger partial charge in [-0.3, -0.25) is 0 Å². The van der Waals surface area contributed by atoms with Crippen LogP contribution in [0.5, 0.6) is 0 Å². The maximum absolute atomic E-state index is 13.1. The molecule has 1 aliphatic heterocycles. The second-order valence-electron chi connectivity index (χ2n) is 4.86. The molecule has 2 nitrogen and oxygen atoms in total. The predicted octanol–water partition coefficient (Wildman–Crippen LogP) is 1.98. The number of benzene rings is 1. The molecule has 1 aromatic carbocycles. The highest BCUT2D eigenvalue weighted by molar-refractivity contribution is 5.38. The monoisotopic (exact) mass is 221 g/mol. The zero-order valence-electron chi connectivity index (χ0n) is 9.42. The van der Waals surface area contributed by atoms with Crippen molar-refractivity contribution in [1.29, 1.82) is 0 Å². The van der Waals surface area contributed by atoms with Gasteiger partial charge >= 0.3 is 0 Å². The summed E-state index contributed by atoms with van der Waals surface area (Å²) in [5, 5.41) is 3.40. The molecule has 0 bridgehead atoms. The molecule has 1 fully saturated rings. The van der Waals surface area contributed by atoms with E-state index in [2.05, 4.69) is 12.2 Å². The van der Waals surface area contributed by atoms with Crippen LogP contribution in [0.1, 0.15) is 24.5 Å². The largest absolute Gasteiger partial charge is 0.365 e. The molecule has 2 unspecified atom stereocenters. The van der Waals surface area contributed by atoms with Crippen LogP contribution in [0, 0.1) is 5.82 Å². The maximum Gasteiger partial charge on any atom is 0.123 e. The molecule has 3 rings (SSSR count). The second kappa shape index (κ2) is 3.54. The molecular formula is C13H16FNO.